The van der Waals surface area contributed by atoms with E-state index in [4.69, 9.17) is 15.6 Å². The molecule has 9 heteroatoms. The van der Waals surface area contributed by atoms with Crippen molar-refractivity contribution in [3.8, 4) is 0 Å². The van der Waals surface area contributed by atoms with Gasteiger partial charge in [-0.05, 0) is 12.8 Å². The summed E-state index contributed by atoms with van der Waals surface area (Å²) in [6, 6.07) is 0. The van der Waals surface area contributed by atoms with Crippen LogP contribution in [0.25, 0.3) is 0 Å². The summed E-state index contributed by atoms with van der Waals surface area (Å²) in [6.07, 6.45) is 1.79. The molecule has 104 valence electrons. The molecule has 1 aromatic heterocycles. The van der Waals surface area contributed by atoms with E-state index < -0.39 is 17.8 Å². The first-order valence-electron chi connectivity index (χ1n) is 5.84. The average Bonchev–Trinajstić information content (AvgIpc) is 2.85. The van der Waals surface area contributed by atoms with Gasteiger partial charge in [0, 0.05) is 0 Å². The number of aliphatic hydroxyl groups is 1. The van der Waals surface area contributed by atoms with E-state index in [1.165, 1.54) is 6.20 Å². The van der Waals surface area contributed by atoms with Gasteiger partial charge in [0.15, 0.2) is 12.0 Å². The van der Waals surface area contributed by atoms with Crippen molar-refractivity contribution in [2.45, 2.75) is 25.2 Å². The van der Waals surface area contributed by atoms with Gasteiger partial charge in [0.2, 0.25) is 5.91 Å². The summed E-state index contributed by atoms with van der Waals surface area (Å²) in [5.41, 5.74) is 4.38. The topological polar surface area (TPSA) is 132 Å². The third-order valence-electron chi connectivity index (χ3n) is 2.72. The number of carbonyl (C=O) groups excluding carboxylic acids is 1. The Hall–Kier alpha value is -2.00. The predicted molar refractivity (Wildman–Crippen MR) is 64.2 cm³/mol. The fourth-order valence-corrected chi connectivity index (χ4v) is 1.81. The van der Waals surface area contributed by atoms with Gasteiger partial charge in [0.05, 0.1) is 25.5 Å². The minimum Gasteiger partial charge on any atom is -0.394 e. The molecular weight excluding hydrogens is 254 g/mol. The zero-order valence-electron chi connectivity index (χ0n) is 10.2. The van der Waals surface area contributed by atoms with Gasteiger partial charge in [-0.2, -0.15) is 14.8 Å². The average molecular weight is 269 g/mol. The van der Waals surface area contributed by atoms with E-state index in [0.717, 1.165) is 4.68 Å². The van der Waals surface area contributed by atoms with E-state index in [9.17, 15) is 9.59 Å². The molecule has 0 radical (unpaired) electrons. The van der Waals surface area contributed by atoms with E-state index in [1.807, 2.05) is 0 Å². The van der Waals surface area contributed by atoms with Crippen molar-refractivity contribution in [2.24, 2.45) is 5.73 Å². The molecule has 2 rings (SSSR count). The number of carbonyl (C=O) groups is 1. The van der Waals surface area contributed by atoms with Crippen molar-refractivity contribution < 1.29 is 14.6 Å². The Morgan fingerprint density at radius 3 is 3.00 bits per heavy atom. The number of hydrogen-bond donors (Lipinski definition) is 3. The van der Waals surface area contributed by atoms with E-state index in [0.29, 0.717) is 12.8 Å². The van der Waals surface area contributed by atoms with Gasteiger partial charge < -0.3 is 20.9 Å². The predicted octanol–water partition coefficient (Wildman–Crippen LogP) is -1.79. The first-order chi connectivity index (χ1) is 9.10. The maximum atomic E-state index is 11.8. The van der Waals surface area contributed by atoms with Crippen molar-refractivity contribution >= 4 is 11.7 Å². The van der Waals surface area contributed by atoms with Crippen LogP contribution in [-0.4, -0.2) is 45.0 Å². The molecule has 1 saturated heterocycles. The number of primary amides is 1. The molecule has 0 aliphatic carbocycles. The second-order valence-electron chi connectivity index (χ2n) is 4.16. The number of hydrogen-bond acceptors (Lipinski definition) is 7. The third-order valence-corrected chi connectivity index (χ3v) is 2.72. The highest BCUT2D eigenvalue weighted by Crippen LogP contribution is 2.25. The molecule has 1 aromatic rings. The second-order valence-corrected chi connectivity index (χ2v) is 4.16. The van der Waals surface area contributed by atoms with E-state index in [1.54, 1.807) is 0 Å². The van der Waals surface area contributed by atoms with Gasteiger partial charge in [0.1, 0.15) is 0 Å². The molecule has 1 fully saturated rings. The summed E-state index contributed by atoms with van der Waals surface area (Å²) in [5, 5.41) is 15.5. The fraction of sp³-hybridized carbons (Fsp3) is 0.600. The monoisotopic (exact) mass is 269 g/mol. The summed E-state index contributed by atoms with van der Waals surface area (Å²) in [7, 11) is 0. The minimum absolute atomic E-state index is 0.0864. The highest BCUT2D eigenvalue weighted by Gasteiger charge is 2.27. The van der Waals surface area contributed by atoms with Crippen LogP contribution in [0.1, 0.15) is 19.1 Å². The van der Waals surface area contributed by atoms with Crippen LogP contribution in [0, 0.1) is 0 Å². The van der Waals surface area contributed by atoms with Gasteiger partial charge in [0.25, 0.3) is 0 Å². The van der Waals surface area contributed by atoms with Crippen LogP contribution in [0.2, 0.25) is 0 Å². The molecule has 1 aliphatic rings. The van der Waals surface area contributed by atoms with E-state index in [-0.39, 0.29) is 25.1 Å². The quantitative estimate of drug-likeness (QED) is 0.574. The molecule has 4 N–H and O–H groups in total. The summed E-state index contributed by atoms with van der Waals surface area (Å²) < 4.78 is 6.55. The van der Waals surface area contributed by atoms with E-state index >= 15 is 0 Å². The second kappa shape index (κ2) is 5.76. The zero-order chi connectivity index (χ0) is 13.8. The van der Waals surface area contributed by atoms with Crippen LogP contribution in [0.4, 0.5) is 5.82 Å². The lowest BCUT2D eigenvalue weighted by Gasteiger charge is -2.13. The number of amides is 1. The third kappa shape index (κ3) is 3.26. The molecule has 0 bridgehead atoms. The van der Waals surface area contributed by atoms with Crippen molar-refractivity contribution in [2.75, 3.05) is 18.5 Å². The summed E-state index contributed by atoms with van der Waals surface area (Å²) in [6.45, 7) is -0.207. The van der Waals surface area contributed by atoms with Crippen LogP contribution in [0.15, 0.2) is 11.0 Å². The molecule has 1 aliphatic heterocycles. The molecule has 2 heterocycles. The standard InChI is InChI=1S/C10H15N5O4/c11-7(17)3-12-8-4-13-15(10(18)14-8)9-2-1-6(5-16)19-9/h4,6,9,16H,1-3,5H2,(H2,11,17)(H,12,14,18)/t6-,9+/m0/s1. The lowest BCUT2D eigenvalue weighted by Crippen LogP contribution is -2.31. The molecule has 0 aromatic carbocycles. The smallest absolute Gasteiger partial charge is 0.368 e. The maximum absolute atomic E-state index is 11.8. The molecule has 9 nitrogen and oxygen atoms in total. The molecule has 19 heavy (non-hydrogen) atoms. The number of nitrogens with zero attached hydrogens (tertiary/aromatic N) is 3. The summed E-state index contributed by atoms with van der Waals surface area (Å²) in [5.74, 6) is -0.382. The van der Waals surface area contributed by atoms with Crippen LogP contribution < -0.4 is 16.7 Å². The van der Waals surface area contributed by atoms with Crippen LogP contribution in [-0.2, 0) is 9.53 Å². The summed E-state index contributed by atoms with van der Waals surface area (Å²) in [4.78, 5) is 26.1. The Bertz CT molecular complexity index is 517. The molecule has 0 spiro atoms. The maximum Gasteiger partial charge on any atom is 0.368 e. The Kier molecular flexibility index (Phi) is 4.07. The lowest BCUT2D eigenvalue weighted by atomic mass is 10.2. The number of nitrogens with one attached hydrogen (secondary N) is 1. The molecule has 1 amide bonds. The van der Waals surface area contributed by atoms with Crippen LogP contribution in [0.3, 0.4) is 0 Å². The Morgan fingerprint density at radius 1 is 1.63 bits per heavy atom. The van der Waals surface area contributed by atoms with Crippen LogP contribution >= 0.6 is 0 Å². The van der Waals surface area contributed by atoms with Crippen molar-refractivity contribution in [3.63, 3.8) is 0 Å². The van der Waals surface area contributed by atoms with Crippen molar-refractivity contribution in [1.29, 1.82) is 0 Å². The number of anilines is 1. The number of aromatic nitrogens is 3. The van der Waals surface area contributed by atoms with Gasteiger partial charge in [-0.1, -0.05) is 0 Å². The Balaban J connectivity index is 2.07. The lowest BCUT2D eigenvalue weighted by molar-refractivity contribution is -0.116. The number of ether oxygens (including phenoxy) is 1. The number of aliphatic hydroxyl groups excluding tert-OH is 1. The molecule has 2 atom stereocenters. The molecule has 0 saturated carbocycles. The van der Waals surface area contributed by atoms with Crippen molar-refractivity contribution in [1.82, 2.24) is 14.8 Å². The van der Waals surface area contributed by atoms with Gasteiger partial charge >= 0.3 is 5.69 Å². The normalized spacial score (nSPS) is 22.4. The first kappa shape index (κ1) is 13.4. The van der Waals surface area contributed by atoms with Crippen LogP contribution in [0.5, 0.6) is 0 Å². The SMILES string of the molecule is NC(=O)CNc1cnn([C@H]2CC[C@@H](CO)O2)c(=O)n1. The van der Waals surface area contributed by atoms with Gasteiger partial charge in [-0.15, -0.1) is 0 Å². The highest BCUT2D eigenvalue weighted by molar-refractivity contribution is 5.78. The largest absolute Gasteiger partial charge is 0.394 e. The molecular formula is C10H15N5O4. The van der Waals surface area contributed by atoms with E-state index in [2.05, 4.69) is 15.4 Å². The highest BCUT2D eigenvalue weighted by atomic mass is 16.5. The zero-order valence-corrected chi connectivity index (χ0v) is 10.2. The minimum atomic E-state index is -0.585. The summed E-state index contributed by atoms with van der Waals surface area (Å²) >= 11 is 0. The number of nitrogens with two attached hydrogens (primary N) is 1. The first-order valence-corrected chi connectivity index (χ1v) is 5.84. The van der Waals surface area contributed by atoms with Gasteiger partial charge in [-0.25, -0.2) is 4.79 Å². The number of rotatable bonds is 5. The fourth-order valence-electron chi connectivity index (χ4n) is 1.81. The Morgan fingerprint density at radius 2 is 2.42 bits per heavy atom. The molecule has 0 unspecified atom stereocenters. The van der Waals surface area contributed by atoms with Gasteiger partial charge in [-0.3, -0.25) is 4.79 Å². The Labute approximate surface area is 108 Å². The van der Waals surface area contributed by atoms with Crippen molar-refractivity contribution in [3.05, 3.63) is 16.7 Å².